The van der Waals surface area contributed by atoms with Gasteiger partial charge in [0.15, 0.2) is 0 Å². The topological polar surface area (TPSA) is 68.5 Å². The van der Waals surface area contributed by atoms with Crippen molar-refractivity contribution in [1.82, 2.24) is 15.2 Å². The Morgan fingerprint density at radius 3 is 2.68 bits per heavy atom. The minimum absolute atomic E-state index is 0.153. The van der Waals surface area contributed by atoms with Crippen LogP contribution < -0.4 is 10.2 Å². The summed E-state index contributed by atoms with van der Waals surface area (Å²) in [7, 11) is 0. The maximum absolute atomic E-state index is 11.8. The summed E-state index contributed by atoms with van der Waals surface area (Å²) in [5, 5.41) is 8.18. The second-order valence-electron chi connectivity index (χ2n) is 4.88. The lowest BCUT2D eigenvalue weighted by molar-refractivity contribution is -0.121. The van der Waals surface area contributed by atoms with Gasteiger partial charge in [0.1, 0.15) is 12.3 Å². The number of hydrazone groups is 1. The van der Waals surface area contributed by atoms with Gasteiger partial charge in [-0.2, -0.15) is 10.2 Å². The van der Waals surface area contributed by atoms with E-state index in [2.05, 4.69) is 15.6 Å². The zero-order valence-electron chi connectivity index (χ0n) is 13.0. The number of rotatable bonds is 6. The Labute approximate surface area is 129 Å². The molecule has 0 bridgehead atoms. The van der Waals surface area contributed by atoms with E-state index < -0.39 is 0 Å². The molecule has 2 aromatic rings. The summed E-state index contributed by atoms with van der Waals surface area (Å²) < 4.78 is 7.01. The smallest absolute Gasteiger partial charge is 0.261 e. The normalized spacial score (nSPS) is 10.9. The zero-order chi connectivity index (χ0) is 15.9. The van der Waals surface area contributed by atoms with Crippen molar-refractivity contribution in [3.05, 3.63) is 47.3 Å². The fourth-order valence-electron chi connectivity index (χ4n) is 2.00. The van der Waals surface area contributed by atoms with E-state index in [0.29, 0.717) is 6.61 Å². The predicted molar refractivity (Wildman–Crippen MR) is 85.0 cm³/mol. The van der Waals surface area contributed by atoms with Crippen molar-refractivity contribution in [2.24, 2.45) is 5.10 Å². The molecule has 0 saturated heterocycles. The van der Waals surface area contributed by atoms with Crippen LogP contribution in [0.15, 0.2) is 35.4 Å². The molecule has 2 rings (SSSR count). The molecule has 0 spiro atoms. The Kier molecular flexibility index (Phi) is 5.30. The molecule has 0 aliphatic carbocycles. The van der Waals surface area contributed by atoms with E-state index in [1.165, 1.54) is 0 Å². The van der Waals surface area contributed by atoms with Gasteiger partial charge in [0.05, 0.1) is 18.5 Å². The van der Waals surface area contributed by atoms with E-state index >= 15 is 0 Å². The zero-order valence-corrected chi connectivity index (χ0v) is 13.0. The highest BCUT2D eigenvalue weighted by Crippen LogP contribution is 2.10. The van der Waals surface area contributed by atoms with Gasteiger partial charge in [-0.15, -0.1) is 0 Å². The number of hydrogen-bond acceptors (Lipinski definition) is 4. The largest absolute Gasteiger partial charge is 0.494 e. The number of amides is 1. The molecule has 1 aromatic heterocycles. The molecule has 22 heavy (non-hydrogen) atoms. The van der Waals surface area contributed by atoms with Gasteiger partial charge in [-0.05, 0) is 56.7 Å². The molecule has 0 radical (unpaired) electrons. The summed E-state index contributed by atoms with van der Waals surface area (Å²) in [5.74, 6) is 0.599. The summed E-state index contributed by atoms with van der Waals surface area (Å²) >= 11 is 0. The second-order valence-corrected chi connectivity index (χ2v) is 4.88. The minimum Gasteiger partial charge on any atom is -0.494 e. The first kappa shape index (κ1) is 15.8. The quantitative estimate of drug-likeness (QED) is 0.656. The van der Waals surface area contributed by atoms with E-state index in [-0.39, 0.29) is 12.5 Å². The van der Waals surface area contributed by atoms with Gasteiger partial charge in [0, 0.05) is 5.69 Å². The lowest BCUT2D eigenvalue weighted by atomic mass is 10.2. The van der Waals surface area contributed by atoms with E-state index in [1.807, 2.05) is 51.1 Å². The number of aryl methyl sites for hydroxylation is 2. The molecular formula is C16H20N4O2. The third-order valence-electron chi connectivity index (χ3n) is 2.99. The summed E-state index contributed by atoms with van der Waals surface area (Å²) in [5.41, 5.74) is 5.22. The number of carbonyl (C=O) groups is 1. The fourth-order valence-corrected chi connectivity index (χ4v) is 2.00. The van der Waals surface area contributed by atoms with Gasteiger partial charge in [-0.25, -0.2) is 5.43 Å². The predicted octanol–water partition coefficient (Wildman–Crippen LogP) is 2.05. The SMILES string of the molecule is CCOc1ccc(/C=N\NC(=O)Cn2nc(C)cc2C)cc1. The third-order valence-corrected chi connectivity index (χ3v) is 2.99. The molecule has 6 nitrogen and oxygen atoms in total. The molecule has 1 heterocycles. The summed E-state index contributed by atoms with van der Waals surface area (Å²) in [4.78, 5) is 11.8. The van der Waals surface area contributed by atoms with Crippen molar-refractivity contribution in [2.45, 2.75) is 27.3 Å². The molecule has 116 valence electrons. The van der Waals surface area contributed by atoms with Crippen LogP contribution in [-0.2, 0) is 11.3 Å². The number of nitrogens with zero attached hydrogens (tertiary/aromatic N) is 3. The lowest BCUT2D eigenvalue weighted by Gasteiger charge is -2.03. The summed E-state index contributed by atoms with van der Waals surface area (Å²) in [6, 6.07) is 9.41. The lowest BCUT2D eigenvalue weighted by Crippen LogP contribution is -2.24. The van der Waals surface area contributed by atoms with Crippen LogP contribution in [-0.4, -0.2) is 28.5 Å². The minimum atomic E-state index is -0.214. The Bertz CT molecular complexity index is 659. The monoisotopic (exact) mass is 300 g/mol. The number of carbonyl (C=O) groups excluding carboxylic acids is 1. The van der Waals surface area contributed by atoms with Crippen molar-refractivity contribution >= 4 is 12.1 Å². The molecule has 0 aliphatic heterocycles. The first-order valence-electron chi connectivity index (χ1n) is 7.14. The van der Waals surface area contributed by atoms with Crippen LogP contribution in [0.1, 0.15) is 23.9 Å². The molecule has 0 unspecified atom stereocenters. The van der Waals surface area contributed by atoms with E-state index in [1.54, 1.807) is 10.9 Å². The van der Waals surface area contributed by atoms with Gasteiger partial charge < -0.3 is 4.74 Å². The van der Waals surface area contributed by atoms with Gasteiger partial charge in [-0.1, -0.05) is 0 Å². The van der Waals surface area contributed by atoms with Gasteiger partial charge in [-0.3, -0.25) is 9.48 Å². The molecule has 0 saturated carbocycles. The maximum Gasteiger partial charge on any atom is 0.261 e. The second kappa shape index (κ2) is 7.40. The number of aromatic nitrogens is 2. The molecule has 0 fully saturated rings. The third kappa shape index (κ3) is 4.44. The van der Waals surface area contributed by atoms with Crippen LogP contribution >= 0.6 is 0 Å². The number of benzene rings is 1. The van der Waals surface area contributed by atoms with Crippen LogP contribution in [0, 0.1) is 13.8 Å². The van der Waals surface area contributed by atoms with Crippen molar-refractivity contribution in [2.75, 3.05) is 6.61 Å². The molecule has 1 amide bonds. The summed E-state index contributed by atoms with van der Waals surface area (Å²) in [6.45, 7) is 6.53. The van der Waals surface area contributed by atoms with Crippen molar-refractivity contribution in [3.63, 3.8) is 0 Å². The van der Waals surface area contributed by atoms with Crippen LogP contribution in [0.25, 0.3) is 0 Å². The molecule has 1 aromatic carbocycles. The van der Waals surface area contributed by atoms with Crippen LogP contribution in [0.2, 0.25) is 0 Å². The molecule has 0 atom stereocenters. The van der Waals surface area contributed by atoms with Crippen LogP contribution in [0.4, 0.5) is 0 Å². The highest BCUT2D eigenvalue weighted by atomic mass is 16.5. The fraction of sp³-hybridized carbons (Fsp3) is 0.312. The first-order chi connectivity index (χ1) is 10.6. The van der Waals surface area contributed by atoms with E-state index in [0.717, 1.165) is 22.7 Å². The van der Waals surface area contributed by atoms with Crippen molar-refractivity contribution < 1.29 is 9.53 Å². The molecule has 6 heteroatoms. The Morgan fingerprint density at radius 1 is 1.36 bits per heavy atom. The number of hydrogen-bond donors (Lipinski definition) is 1. The highest BCUT2D eigenvalue weighted by Gasteiger charge is 2.05. The number of ether oxygens (including phenoxy) is 1. The Hall–Kier alpha value is -2.63. The molecular weight excluding hydrogens is 280 g/mol. The highest BCUT2D eigenvalue weighted by molar-refractivity contribution is 5.82. The standard InChI is InChI=1S/C16H20N4O2/c1-4-22-15-7-5-14(6-8-15)10-17-18-16(21)11-20-13(3)9-12(2)19-20/h5-10H,4,11H2,1-3H3,(H,18,21)/b17-10-. The van der Waals surface area contributed by atoms with Crippen molar-refractivity contribution in [3.8, 4) is 5.75 Å². The van der Waals surface area contributed by atoms with Gasteiger partial charge >= 0.3 is 0 Å². The van der Waals surface area contributed by atoms with Crippen molar-refractivity contribution in [1.29, 1.82) is 0 Å². The van der Waals surface area contributed by atoms with Gasteiger partial charge in [0.25, 0.3) is 5.91 Å². The average molecular weight is 300 g/mol. The average Bonchev–Trinajstić information content (AvgIpc) is 2.79. The van der Waals surface area contributed by atoms with Crippen LogP contribution in [0.5, 0.6) is 5.75 Å². The van der Waals surface area contributed by atoms with Gasteiger partial charge in [0.2, 0.25) is 0 Å². The van der Waals surface area contributed by atoms with Crippen LogP contribution in [0.3, 0.4) is 0 Å². The Morgan fingerprint density at radius 2 is 2.09 bits per heavy atom. The first-order valence-corrected chi connectivity index (χ1v) is 7.14. The Balaban J connectivity index is 1.86. The molecule has 1 N–H and O–H groups in total. The summed E-state index contributed by atoms with van der Waals surface area (Å²) in [6.07, 6.45) is 1.59. The maximum atomic E-state index is 11.8. The molecule has 0 aliphatic rings. The van der Waals surface area contributed by atoms with E-state index in [9.17, 15) is 4.79 Å². The van der Waals surface area contributed by atoms with E-state index in [4.69, 9.17) is 4.74 Å². The number of nitrogens with one attached hydrogen (secondary N) is 1.